The Kier molecular flexibility index (Phi) is 4.83. The lowest BCUT2D eigenvalue weighted by atomic mass is 9.83. The van der Waals surface area contributed by atoms with Crippen LogP contribution in [0.3, 0.4) is 0 Å². The van der Waals surface area contributed by atoms with Crippen LogP contribution in [0.1, 0.15) is 51.9 Å². The zero-order chi connectivity index (χ0) is 12.1. The highest BCUT2D eigenvalue weighted by atomic mass is 16.5. The molecule has 3 nitrogen and oxygen atoms in total. The maximum atomic E-state index is 6.32. The fourth-order valence-corrected chi connectivity index (χ4v) is 3.24. The average molecular weight is 241 g/mol. The van der Waals surface area contributed by atoms with Gasteiger partial charge in [0, 0.05) is 19.7 Å². The third-order valence-electron chi connectivity index (χ3n) is 4.21. The first-order valence-corrected chi connectivity index (χ1v) is 7.14. The maximum absolute atomic E-state index is 6.32. The minimum absolute atomic E-state index is 0.259. The molecule has 0 radical (unpaired) electrons. The van der Waals surface area contributed by atoms with Gasteiger partial charge in [-0.2, -0.15) is 0 Å². The zero-order valence-electron chi connectivity index (χ0n) is 11.3. The lowest BCUT2D eigenvalue weighted by Gasteiger charge is -2.33. The molecule has 2 unspecified atom stereocenters. The molecular weight excluding hydrogens is 214 g/mol. The standard InChI is InChI=1S/C14H27NO2/c1-12(11-16-2)15-10-13-6-9-14(17-13)7-4-3-5-8-14/h12-13,15H,3-11H2,1-2H3. The Morgan fingerprint density at radius 2 is 2.06 bits per heavy atom. The van der Waals surface area contributed by atoms with Crippen LogP contribution in [0.5, 0.6) is 0 Å². The fraction of sp³-hybridized carbons (Fsp3) is 1.00. The van der Waals surface area contributed by atoms with E-state index in [-0.39, 0.29) is 5.60 Å². The number of ether oxygens (including phenoxy) is 2. The molecule has 0 bridgehead atoms. The topological polar surface area (TPSA) is 30.5 Å². The van der Waals surface area contributed by atoms with Crippen LogP contribution in [0.15, 0.2) is 0 Å². The van der Waals surface area contributed by atoms with Gasteiger partial charge >= 0.3 is 0 Å². The van der Waals surface area contributed by atoms with E-state index in [0.29, 0.717) is 12.1 Å². The maximum Gasteiger partial charge on any atom is 0.0708 e. The highest BCUT2D eigenvalue weighted by Gasteiger charge is 2.40. The second-order valence-electron chi connectivity index (χ2n) is 5.79. The van der Waals surface area contributed by atoms with Crippen LogP contribution in [0.4, 0.5) is 0 Å². The Morgan fingerprint density at radius 1 is 1.29 bits per heavy atom. The highest BCUT2D eigenvalue weighted by molar-refractivity contribution is 4.91. The molecule has 100 valence electrons. The molecule has 2 aliphatic rings. The first-order chi connectivity index (χ1) is 8.24. The van der Waals surface area contributed by atoms with E-state index >= 15 is 0 Å². The zero-order valence-corrected chi connectivity index (χ0v) is 11.3. The quantitative estimate of drug-likeness (QED) is 0.802. The van der Waals surface area contributed by atoms with E-state index in [1.54, 1.807) is 7.11 Å². The summed E-state index contributed by atoms with van der Waals surface area (Å²) in [5.74, 6) is 0. The van der Waals surface area contributed by atoms with Gasteiger partial charge in [0.05, 0.1) is 18.3 Å². The minimum atomic E-state index is 0.259. The van der Waals surface area contributed by atoms with E-state index in [9.17, 15) is 0 Å². The smallest absolute Gasteiger partial charge is 0.0708 e. The molecule has 2 rings (SSSR count). The van der Waals surface area contributed by atoms with Crippen LogP contribution in [0.25, 0.3) is 0 Å². The molecule has 3 heteroatoms. The van der Waals surface area contributed by atoms with E-state index in [1.807, 2.05) is 0 Å². The molecule has 1 spiro atoms. The molecular formula is C14H27NO2. The van der Waals surface area contributed by atoms with Gasteiger partial charge in [-0.15, -0.1) is 0 Å². The second-order valence-corrected chi connectivity index (χ2v) is 5.79. The molecule has 0 aromatic heterocycles. The number of hydrogen-bond donors (Lipinski definition) is 1. The van der Waals surface area contributed by atoms with Crippen molar-refractivity contribution < 1.29 is 9.47 Å². The van der Waals surface area contributed by atoms with Crippen LogP contribution < -0.4 is 5.32 Å². The first-order valence-electron chi connectivity index (χ1n) is 7.14. The largest absolute Gasteiger partial charge is 0.383 e. The Bertz CT molecular complexity index is 226. The van der Waals surface area contributed by atoms with Gasteiger partial charge in [0.15, 0.2) is 0 Å². The summed E-state index contributed by atoms with van der Waals surface area (Å²) in [5.41, 5.74) is 0.259. The molecule has 2 atom stereocenters. The third kappa shape index (κ3) is 3.67. The molecule has 1 aliphatic carbocycles. The van der Waals surface area contributed by atoms with Crippen LogP contribution in [-0.2, 0) is 9.47 Å². The summed E-state index contributed by atoms with van der Waals surface area (Å²) in [7, 11) is 1.75. The first kappa shape index (κ1) is 13.3. The lowest BCUT2D eigenvalue weighted by Crippen LogP contribution is -2.38. The van der Waals surface area contributed by atoms with E-state index < -0.39 is 0 Å². The van der Waals surface area contributed by atoms with Crippen molar-refractivity contribution >= 4 is 0 Å². The van der Waals surface area contributed by atoms with Crippen LogP contribution in [-0.4, -0.2) is 38.0 Å². The average Bonchev–Trinajstić information content (AvgIpc) is 2.71. The van der Waals surface area contributed by atoms with Gasteiger partial charge in [0.25, 0.3) is 0 Å². The van der Waals surface area contributed by atoms with Crippen molar-refractivity contribution in [2.75, 3.05) is 20.3 Å². The predicted molar refractivity (Wildman–Crippen MR) is 69.3 cm³/mol. The van der Waals surface area contributed by atoms with E-state index in [2.05, 4.69) is 12.2 Å². The highest BCUT2D eigenvalue weighted by Crippen LogP contribution is 2.41. The van der Waals surface area contributed by atoms with Gasteiger partial charge in [0.2, 0.25) is 0 Å². The Hall–Kier alpha value is -0.120. The Balaban J connectivity index is 1.70. The van der Waals surface area contributed by atoms with E-state index in [0.717, 1.165) is 13.2 Å². The van der Waals surface area contributed by atoms with Crippen LogP contribution in [0.2, 0.25) is 0 Å². The molecule has 1 heterocycles. The minimum Gasteiger partial charge on any atom is -0.383 e. The molecule has 1 aliphatic heterocycles. The normalized spacial score (nSPS) is 29.6. The molecule has 2 fully saturated rings. The van der Waals surface area contributed by atoms with Gasteiger partial charge < -0.3 is 14.8 Å². The summed E-state index contributed by atoms with van der Waals surface area (Å²) >= 11 is 0. The molecule has 1 saturated carbocycles. The van der Waals surface area contributed by atoms with Crippen molar-refractivity contribution in [3.63, 3.8) is 0 Å². The monoisotopic (exact) mass is 241 g/mol. The van der Waals surface area contributed by atoms with Crippen molar-refractivity contribution in [2.45, 2.75) is 69.6 Å². The number of rotatable bonds is 5. The molecule has 0 aromatic carbocycles. The second kappa shape index (κ2) is 6.17. The summed E-state index contributed by atoms with van der Waals surface area (Å²) in [5, 5.41) is 3.50. The molecule has 0 amide bonds. The Labute approximate surface area is 105 Å². The molecule has 17 heavy (non-hydrogen) atoms. The molecule has 0 aromatic rings. The van der Waals surface area contributed by atoms with Crippen molar-refractivity contribution in [1.29, 1.82) is 0 Å². The summed E-state index contributed by atoms with van der Waals surface area (Å²) in [4.78, 5) is 0. The fourth-order valence-electron chi connectivity index (χ4n) is 3.24. The lowest BCUT2D eigenvalue weighted by molar-refractivity contribution is -0.0632. The Morgan fingerprint density at radius 3 is 2.76 bits per heavy atom. The van der Waals surface area contributed by atoms with Gasteiger partial charge in [0.1, 0.15) is 0 Å². The summed E-state index contributed by atoms with van der Waals surface area (Å²) < 4.78 is 11.4. The van der Waals surface area contributed by atoms with Gasteiger partial charge in [-0.25, -0.2) is 0 Å². The van der Waals surface area contributed by atoms with Crippen molar-refractivity contribution in [2.24, 2.45) is 0 Å². The summed E-state index contributed by atoms with van der Waals surface area (Å²) in [6.07, 6.45) is 9.63. The van der Waals surface area contributed by atoms with Crippen molar-refractivity contribution in [1.82, 2.24) is 5.32 Å². The summed E-state index contributed by atoms with van der Waals surface area (Å²) in [6, 6.07) is 0.423. The summed E-state index contributed by atoms with van der Waals surface area (Å²) in [6.45, 7) is 3.92. The SMILES string of the molecule is COCC(C)NCC1CCC2(CCCCC2)O1. The van der Waals surface area contributed by atoms with Gasteiger partial charge in [-0.1, -0.05) is 19.3 Å². The molecule has 1 saturated heterocycles. The van der Waals surface area contributed by atoms with E-state index in [4.69, 9.17) is 9.47 Å². The number of hydrogen-bond acceptors (Lipinski definition) is 3. The van der Waals surface area contributed by atoms with E-state index in [1.165, 1.54) is 44.9 Å². The van der Waals surface area contributed by atoms with Crippen molar-refractivity contribution in [3.05, 3.63) is 0 Å². The van der Waals surface area contributed by atoms with Crippen LogP contribution >= 0.6 is 0 Å². The third-order valence-corrected chi connectivity index (χ3v) is 4.21. The predicted octanol–water partition coefficient (Wildman–Crippen LogP) is 2.49. The molecule has 1 N–H and O–H groups in total. The van der Waals surface area contributed by atoms with Gasteiger partial charge in [-0.3, -0.25) is 0 Å². The van der Waals surface area contributed by atoms with Gasteiger partial charge in [-0.05, 0) is 32.6 Å². The number of methoxy groups -OCH3 is 1. The number of nitrogens with one attached hydrogen (secondary N) is 1. The van der Waals surface area contributed by atoms with Crippen molar-refractivity contribution in [3.8, 4) is 0 Å². The van der Waals surface area contributed by atoms with Crippen LogP contribution in [0, 0.1) is 0 Å².